The Hall–Kier alpha value is -2.87. The van der Waals surface area contributed by atoms with Crippen LogP contribution < -0.4 is 14.5 Å². The van der Waals surface area contributed by atoms with Crippen LogP contribution in [0.3, 0.4) is 0 Å². The molecule has 1 N–H and O–H groups in total. The van der Waals surface area contributed by atoms with Crippen molar-refractivity contribution in [2.75, 3.05) is 28.1 Å². The Morgan fingerprint density at radius 2 is 1.85 bits per heavy atom. The summed E-state index contributed by atoms with van der Waals surface area (Å²) in [4.78, 5) is 26.8. The van der Waals surface area contributed by atoms with Crippen molar-refractivity contribution >= 4 is 38.9 Å². The first-order valence-corrected chi connectivity index (χ1v) is 10.1. The maximum Gasteiger partial charge on any atom is 0.261 e. The van der Waals surface area contributed by atoms with E-state index in [4.69, 9.17) is 0 Å². The van der Waals surface area contributed by atoms with Gasteiger partial charge in [-0.05, 0) is 47.9 Å². The van der Waals surface area contributed by atoms with Crippen LogP contribution in [-0.4, -0.2) is 33.8 Å². The molecule has 2 amide bonds. The van der Waals surface area contributed by atoms with Gasteiger partial charge in [-0.2, -0.15) is 0 Å². The number of nitrogens with one attached hydrogen (secondary N) is 1. The fourth-order valence-electron chi connectivity index (χ4n) is 3.60. The van der Waals surface area contributed by atoms with Crippen LogP contribution in [0.1, 0.15) is 18.1 Å². The summed E-state index contributed by atoms with van der Waals surface area (Å²) in [5.41, 5.74) is 3.59. The first kappa shape index (κ1) is 17.5. The minimum Gasteiger partial charge on any atom is -0.315 e. The van der Waals surface area contributed by atoms with Crippen molar-refractivity contribution in [1.29, 1.82) is 0 Å². The van der Waals surface area contributed by atoms with Gasteiger partial charge in [-0.1, -0.05) is 6.07 Å². The molecule has 140 valence electrons. The number of benzene rings is 2. The Morgan fingerprint density at radius 3 is 2.59 bits per heavy atom. The molecule has 0 aromatic heterocycles. The summed E-state index contributed by atoms with van der Waals surface area (Å²) in [6.07, 6.45) is 0.954. The highest BCUT2D eigenvalue weighted by Crippen LogP contribution is 2.33. The zero-order chi connectivity index (χ0) is 19.3. The Morgan fingerprint density at radius 1 is 1.07 bits per heavy atom. The SMILES string of the molecule is CC(=O)N1CCc2ccc(NS(=O)(=O)c3ccc4c(c3)CC(=O)N4C)cc21. The van der Waals surface area contributed by atoms with E-state index in [-0.39, 0.29) is 23.1 Å². The predicted octanol–water partition coefficient (Wildman–Crippen LogP) is 1.92. The standard InChI is InChI=1S/C19H19N3O4S/c1-12(23)22-8-7-13-3-4-15(11-18(13)22)20-27(25,26)16-5-6-17-14(9-16)10-19(24)21(17)2/h3-6,9,11,20H,7-8,10H2,1-2H3. The van der Waals surface area contributed by atoms with Gasteiger partial charge >= 0.3 is 0 Å². The summed E-state index contributed by atoms with van der Waals surface area (Å²) in [6, 6.07) is 9.90. The van der Waals surface area contributed by atoms with Crippen LogP contribution in [0.15, 0.2) is 41.3 Å². The first-order chi connectivity index (χ1) is 12.8. The average molecular weight is 385 g/mol. The number of carbonyl (C=O) groups excluding carboxylic acids is 2. The lowest BCUT2D eigenvalue weighted by molar-refractivity contribution is -0.117. The summed E-state index contributed by atoms with van der Waals surface area (Å²) in [5, 5.41) is 0. The molecule has 0 unspecified atom stereocenters. The molecule has 0 aliphatic carbocycles. The van der Waals surface area contributed by atoms with E-state index in [0.717, 1.165) is 23.4 Å². The number of likely N-dealkylation sites (N-methyl/N-ethyl adjacent to an activating group) is 1. The van der Waals surface area contributed by atoms with Gasteiger partial charge in [0.15, 0.2) is 0 Å². The largest absolute Gasteiger partial charge is 0.315 e. The van der Waals surface area contributed by atoms with Crippen LogP contribution in [0.2, 0.25) is 0 Å². The lowest BCUT2D eigenvalue weighted by Gasteiger charge is -2.16. The van der Waals surface area contributed by atoms with Gasteiger partial charge in [-0.15, -0.1) is 0 Å². The number of anilines is 3. The molecule has 27 heavy (non-hydrogen) atoms. The second-order valence-corrected chi connectivity index (χ2v) is 8.47. The van der Waals surface area contributed by atoms with Crippen molar-refractivity contribution in [1.82, 2.24) is 0 Å². The van der Waals surface area contributed by atoms with Gasteiger partial charge in [0.2, 0.25) is 11.8 Å². The van der Waals surface area contributed by atoms with E-state index in [1.165, 1.54) is 24.0 Å². The van der Waals surface area contributed by atoms with Gasteiger partial charge in [-0.3, -0.25) is 14.3 Å². The second-order valence-electron chi connectivity index (χ2n) is 6.79. The summed E-state index contributed by atoms with van der Waals surface area (Å²) in [7, 11) is -2.14. The minimum absolute atomic E-state index is 0.0598. The number of amides is 2. The van der Waals surface area contributed by atoms with E-state index < -0.39 is 10.0 Å². The lowest BCUT2D eigenvalue weighted by Crippen LogP contribution is -2.25. The van der Waals surface area contributed by atoms with Crippen LogP contribution in [0.25, 0.3) is 0 Å². The van der Waals surface area contributed by atoms with E-state index in [1.807, 2.05) is 6.07 Å². The number of nitrogens with zero attached hydrogens (tertiary/aromatic N) is 2. The molecule has 2 aliphatic rings. The molecule has 0 saturated heterocycles. The summed E-state index contributed by atoms with van der Waals surface area (Å²) >= 11 is 0. The topological polar surface area (TPSA) is 86.8 Å². The van der Waals surface area contributed by atoms with Gasteiger partial charge in [0, 0.05) is 31.9 Å². The van der Waals surface area contributed by atoms with Crippen LogP contribution >= 0.6 is 0 Å². The fourth-order valence-corrected chi connectivity index (χ4v) is 4.70. The molecule has 0 radical (unpaired) electrons. The van der Waals surface area contributed by atoms with Gasteiger partial charge in [0.25, 0.3) is 10.0 Å². The highest BCUT2D eigenvalue weighted by atomic mass is 32.2. The number of rotatable bonds is 3. The van der Waals surface area contributed by atoms with Crippen molar-refractivity contribution in [2.45, 2.75) is 24.7 Å². The van der Waals surface area contributed by atoms with Crippen molar-refractivity contribution in [3.8, 4) is 0 Å². The smallest absolute Gasteiger partial charge is 0.261 e. The van der Waals surface area contributed by atoms with Crippen LogP contribution in [-0.2, 0) is 32.5 Å². The molecule has 7 nitrogen and oxygen atoms in total. The van der Waals surface area contributed by atoms with Gasteiger partial charge in [0.1, 0.15) is 0 Å². The van der Waals surface area contributed by atoms with Gasteiger partial charge in [-0.25, -0.2) is 8.42 Å². The minimum atomic E-state index is -3.81. The Labute approximate surface area is 157 Å². The molecular formula is C19H19N3O4S. The number of hydrogen-bond acceptors (Lipinski definition) is 4. The Kier molecular flexibility index (Phi) is 3.96. The zero-order valence-electron chi connectivity index (χ0n) is 15.0. The van der Waals surface area contributed by atoms with E-state index in [0.29, 0.717) is 17.8 Å². The Bertz CT molecular complexity index is 1080. The third kappa shape index (κ3) is 2.95. The normalized spacial score (nSPS) is 15.7. The summed E-state index contributed by atoms with van der Waals surface area (Å²) < 4.78 is 28.2. The maximum atomic E-state index is 12.8. The van der Waals surface area contributed by atoms with Crippen molar-refractivity contribution in [3.63, 3.8) is 0 Å². The molecular weight excluding hydrogens is 366 g/mol. The van der Waals surface area contributed by atoms with Crippen molar-refractivity contribution in [3.05, 3.63) is 47.5 Å². The number of sulfonamides is 1. The molecule has 0 saturated carbocycles. The maximum absolute atomic E-state index is 12.8. The van der Waals surface area contributed by atoms with E-state index in [2.05, 4.69) is 4.72 Å². The molecule has 0 bridgehead atoms. The van der Waals surface area contributed by atoms with Crippen molar-refractivity contribution < 1.29 is 18.0 Å². The number of fused-ring (bicyclic) bond motifs is 2. The highest BCUT2D eigenvalue weighted by molar-refractivity contribution is 7.92. The van der Waals surface area contributed by atoms with Crippen LogP contribution in [0, 0.1) is 0 Å². The fraction of sp³-hybridized carbons (Fsp3) is 0.263. The monoisotopic (exact) mass is 385 g/mol. The third-order valence-corrected chi connectivity index (χ3v) is 6.43. The zero-order valence-corrected chi connectivity index (χ0v) is 15.8. The Balaban J connectivity index is 1.64. The highest BCUT2D eigenvalue weighted by Gasteiger charge is 2.27. The molecule has 0 atom stereocenters. The quantitative estimate of drug-likeness (QED) is 0.874. The molecule has 2 heterocycles. The summed E-state index contributed by atoms with van der Waals surface area (Å²) in [5.74, 6) is -0.128. The van der Waals surface area contributed by atoms with Gasteiger partial charge < -0.3 is 9.80 Å². The predicted molar refractivity (Wildman–Crippen MR) is 103 cm³/mol. The van der Waals surface area contributed by atoms with E-state index >= 15 is 0 Å². The summed E-state index contributed by atoms with van der Waals surface area (Å²) in [6.45, 7) is 2.10. The van der Waals surface area contributed by atoms with Gasteiger partial charge in [0.05, 0.1) is 17.0 Å². The number of hydrogen-bond donors (Lipinski definition) is 1. The van der Waals surface area contributed by atoms with Crippen LogP contribution in [0.5, 0.6) is 0 Å². The average Bonchev–Trinajstić information content (AvgIpc) is 3.15. The first-order valence-electron chi connectivity index (χ1n) is 8.59. The van der Waals surface area contributed by atoms with Crippen molar-refractivity contribution in [2.24, 2.45) is 0 Å². The molecule has 0 spiro atoms. The molecule has 2 aromatic rings. The van der Waals surface area contributed by atoms with Crippen LogP contribution in [0.4, 0.5) is 17.1 Å². The number of carbonyl (C=O) groups is 2. The second kappa shape index (κ2) is 6.09. The third-order valence-electron chi connectivity index (χ3n) is 5.05. The molecule has 0 fully saturated rings. The molecule has 4 rings (SSSR count). The molecule has 8 heteroatoms. The lowest BCUT2D eigenvalue weighted by atomic mass is 10.1. The van der Waals surface area contributed by atoms with E-state index in [1.54, 1.807) is 30.1 Å². The molecule has 2 aliphatic heterocycles. The van der Waals surface area contributed by atoms with E-state index in [9.17, 15) is 18.0 Å². The molecule has 2 aromatic carbocycles.